The maximum absolute atomic E-state index is 14.1. The molecule has 4 N–H and O–H groups in total. The van der Waals surface area contributed by atoms with Gasteiger partial charge in [-0.15, -0.1) is 0 Å². The van der Waals surface area contributed by atoms with Crippen molar-refractivity contribution in [3.8, 4) is 0 Å². The van der Waals surface area contributed by atoms with Gasteiger partial charge in [0.05, 0.1) is 46.9 Å². The fourth-order valence-electron chi connectivity index (χ4n) is 6.07. The van der Waals surface area contributed by atoms with Crippen LogP contribution in [0.2, 0.25) is 5.02 Å². The van der Waals surface area contributed by atoms with E-state index in [1.807, 2.05) is 30.3 Å². The fourth-order valence-corrected chi connectivity index (χ4v) is 7.88. The van der Waals surface area contributed by atoms with E-state index in [9.17, 15) is 18.3 Å². The summed E-state index contributed by atoms with van der Waals surface area (Å²) in [5.74, 6) is -0.0398. The van der Waals surface area contributed by atoms with Gasteiger partial charge in [-0.1, -0.05) is 41.9 Å². The van der Waals surface area contributed by atoms with Crippen LogP contribution in [0.5, 0.6) is 0 Å². The average Bonchev–Trinajstić information content (AvgIpc) is 3.72. The summed E-state index contributed by atoms with van der Waals surface area (Å²) < 4.78 is 46.4. The molecule has 11 nitrogen and oxygen atoms in total. The van der Waals surface area contributed by atoms with Crippen molar-refractivity contribution < 1.29 is 32.5 Å². The monoisotopic (exact) mass is 636 g/mol. The van der Waals surface area contributed by atoms with E-state index >= 15 is 0 Å². The topological polar surface area (TPSA) is 144 Å². The van der Waals surface area contributed by atoms with Crippen molar-refractivity contribution in [1.82, 2.24) is 14.5 Å². The number of nitrogens with two attached hydrogens (primary N) is 1. The van der Waals surface area contributed by atoms with E-state index in [4.69, 9.17) is 31.5 Å². The molecule has 3 saturated heterocycles. The van der Waals surface area contributed by atoms with Gasteiger partial charge < -0.3 is 30.4 Å². The van der Waals surface area contributed by atoms with Gasteiger partial charge in [0.2, 0.25) is 10.0 Å². The van der Waals surface area contributed by atoms with Crippen molar-refractivity contribution in [2.24, 2.45) is 5.92 Å². The third kappa shape index (κ3) is 7.44. The molecule has 236 valence electrons. The molecule has 2 aromatic carbocycles. The smallest absolute Gasteiger partial charge is 0.407 e. The maximum atomic E-state index is 14.1. The summed E-state index contributed by atoms with van der Waals surface area (Å²) in [5, 5.41) is 14.7. The number of benzene rings is 2. The van der Waals surface area contributed by atoms with Crippen LogP contribution in [0, 0.1) is 5.92 Å². The number of hydrogen-bond acceptors (Lipinski definition) is 9. The molecule has 0 bridgehead atoms. The molecule has 6 atom stereocenters. The molecule has 3 aliphatic rings. The molecule has 1 amide bonds. The third-order valence-corrected chi connectivity index (χ3v) is 10.8. The molecule has 3 fully saturated rings. The number of rotatable bonds is 11. The lowest BCUT2D eigenvalue weighted by atomic mass is 10.0. The van der Waals surface area contributed by atoms with Crippen LogP contribution in [0.1, 0.15) is 32.3 Å². The van der Waals surface area contributed by atoms with Gasteiger partial charge in [0.25, 0.3) is 0 Å². The van der Waals surface area contributed by atoms with Crippen LogP contribution in [-0.4, -0.2) is 98.3 Å². The number of ether oxygens (including phenoxy) is 3. The zero-order valence-electron chi connectivity index (χ0n) is 24.5. The van der Waals surface area contributed by atoms with Crippen LogP contribution in [0.3, 0.4) is 0 Å². The zero-order chi connectivity index (χ0) is 30.7. The van der Waals surface area contributed by atoms with E-state index in [2.05, 4.69) is 24.1 Å². The van der Waals surface area contributed by atoms with E-state index in [0.29, 0.717) is 19.6 Å². The summed E-state index contributed by atoms with van der Waals surface area (Å²) in [7, 11) is -4.10. The highest BCUT2D eigenvalue weighted by Crippen LogP contribution is 2.33. The largest absolute Gasteiger partial charge is 0.443 e. The van der Waals surface area contributed by atoms with Gasteiger partial charge in [-0.2, -0.15) is 4.31 Å². The number of amides is 1. The van der Waals surface area contributed by atoms with Crippen LogP contribution in [0.25, 0.3) is 0 Å². The average molecular weight is 637 g/mol. The normalized spacial score (nSPS) is 25.6. The first-order valence-corrected chi connectivity index (χ1v) is 16.6. The van der Waals surface area contributed by atoms with E-state index in [1.165, 1.54) is 22.5 Å². The summed E-state index contributed by atoms with van der Waals surface area (Å²) in [5.41, 5.74) is 6.99. The third-order valence-electron chi connectivity index (χ3n) is 8.58. The Morgan fingerprint density at radius 1 is 1.21 bits per heavy atom. The number of carbonyl (C=O) groups is 1. The lowest BCUT2D eigenvalue weighted by Gasteiger charge is -2.33. The molecule has 2 aromatic rings. The van der Waals surface area contributed by atoms with Gasteiger partial charge in [-0.3, -0.25) is 4.90 Å². The van der Waals surface area contributed by atoms with Gasteiger partial charge in [-0.05, 0) is 56.9 Å². The number of halogens is 1. The minimum absolute atomic E-state index is 0.00820. The van der Waals surface area contributed by atoms with Crippen molar-refractivity contribution in [1.29, 1.82) is 0 Å². The number of nitrogens with one attached hydrogen (secondary N) is 1. The molecule has 0 radical (unpaired) electrons. The standard InChI is InChI=1S/C30H41ClN4O7S/c1-19(2)34-12-10-21(16-34)35(43(38,39)22-8-9-24(31)25(32)15-22)17-27(36)26(14-20-6-4-3-5-7-20)33-30(37)42-28-18-41-29-23(28)11-13-40-29/h3-9,15,19,21,23,26-29,36H,10-14,16-18,32H2,1-2H3,(H,33,37)/t21?,23?,26-,27+,28?,29+/m0/s1. The second-order valence-corrected chi connectivity index (χ2v) is 14.1. The van der Waals surface area contributed by atoms with Crippen LogP contribution < -0.4 is 11.1 Å². The molecule has 0 aliphatic carbocycles. The summed E-state index contributed by atoms with van der Waals surface area (Å²) in [6.07, 6.45) is -1.21. The Balaban J connectivity index is 1.38. The van der Waals surface area contributed by atoms with Crippen LogP contribution in [-0.2, 0) is 30.7 Å². The molecule has 3 unspecified atom stereocenters. The van der Waals surface area contributed by atoms with Gasteiger partial charge in [-0.25, -0.2) is 13.2 Å². The quantitative estimate of drug-likeness (QED) is 0.317. The number of carbonyl (C=O) groups excluding carboxylic acids is 1. The number of aliphatic hydroxyl groups excluding tert-OH is 1. The Hall–Kier alpha value is -2.45. The zero-order valence-corrected chi connectivity index (χ0v) is 26.0. The molecular formula is C30H41ClN4O7S. The first kappa shape index (κ1) is 32.0. The predicted molar refractivity (Wildman–Crippen MR) is 162 cm³/mol. The van der Waals surface area contributed by atoms with Crippen molar-refractivity contribution in [3.05, 3.63) is 59.1 Å². The van der Waals surface area contributed by atoms with Crippen molar-refractivity contribution in [2.75, 3.05) is 38.6 Å². The second kappa shape index (κ2) is 13.7. The van der Waals surface area contributed by atoms with Crippen molar-refractivity contribution in [2.45, 2.75) is 74.6 Å². The van der Waals surface area contributed by atoms with Gasteiger partial charge in [0, 0.05) is 31.7 Å². The minimum Gasteiger partial charge on any atom is -0.443 e. The Morgan fingerprint density at radius 3 is 2.67 bits per heavy atom. The van der Waals surface area contributed by atoms with Gasteiger partial charge >= 0.3 is 6.09 Å². The number of nitrogen functional groups attached to an aromatic ring is 1. The van der Waals surface area contributed by atoms with Crippen molar-refractivity contribution in [3.63, 3.8) is 0 Å². The molecular weight excluding hydrogens is 596 g/mol. The predicted octanol–water partition coefficient (Wildman–Crippen LogP) is 2.86. The summed E-state index contributed by atoms with van der Waals surface area (Å²) in [4.78, 5) is 15.3. The Bertz CT molecular complexity index is 1370. The molecule has 5 rings (SSSR count). The number of fused-ring (bicyclic) bond motifs is 1. The van der Waals surface area contributed by atoms with E-state index < -0.39 is 40.4 Å². The number of likely N-dealkylation sites (tertiary alicyclic amines) is 1. The maximum Gasteiger partial charge on any atom is 0.407 e. The van der Waals surface area contributed by atoms with Crippen LogP contribution >= 0.6 is 11.6 Å². The Labute approximate surface area is 258 Å². The molecule has 0 saturated carbocycles. The van der Waals surface area contributed by atoms with Gasteiger partial charge in [0.1, 0.15) is 6.10 Å². The number of aliphatic hydroxyl groups is 1. The van der Waals surface area contributed by atoms with E-state index in [1.54, 1.807) is 0 Å². The molecule has 3 aliphatic heterocycles. The lowest BCUT2D eigenvalue weighted by molar-refractivity contribution is -0.0907. The number of hydrogen-bond donors (Lipinski definition) is 3. The summed E-state index contributed by atoms with van der Waals surface area (Å²) >= 11 is 6.09. The SMILES string of the molecule is CC(C)N1CCC(N(C[C@@H](O)[C@H](Cc2ccccc2)NC(=O)OC2CO[C@H]3OCCC23)S(=O)(=O)c2ccc(Cl)c(N)c2)C1. The molecule has 13 heteroatoms. The number of sulfonamides is 1. The Morgan fingerprint density at radius 2 is 1.98 bits per heavy atom. The minimum atomic E-state index is -4.10. The molecule has 43 heavy (non-hydrogen) atoms. The van der Waals surface area contributed by atoms with E-state index in [-0.39, 0.29) is 53.4 Å². The van der Waals surface area contributed by atoms with Crippen molar-refractivity contribution >= 4 is 33.4 Å². The number of alkyl carbamates (subject to hydrolysis) is 1. The lowest BCUT2D eigenvalue weighted by Crippen LogP contribution is -2.53. The van der Waals surface area contributed by atoms with Crippen LogP contribution in [0.4, 0.5) is 10.5 Å². The second-order valence-electron chi connectivity index (χ2n) is 11.8. The highest BCUT2D eigenvalue weighted by molar-refractivity contribution is 7.89. The molecule has 3 heterocycles. The first-order valence-electron chi connectivity index (χ1n) is 14.8. The Kier molecular flexibility index (Phi) is 10.2. The summed E-state index contributed by atoms with van der Waals surface area (Å²) in [6, 6.07) is 12.6. The molecule has 0 spiro atoms. The highest BCUT2D eigenvalue weighted by Gasteiger charge is 2.44. The van der Waals surface area contributed by atoms with Gasteiger partial charge in [0.15, 0.2) is 6.29 Å². The summed E-state index contributed by atoms with van der Waals surface area (Å²) in [6.45, 7) is 5.90. The van der Waals surface area contributed by atoms with E-state index in [0.717, 1.165) is 18.5 Å². The molecule has 0 aromatic heterocycles. The first-order chi connectivity index (χ1) is 20.5. The number of nitrogens with zero attached hydrogens (tertiary/aromatic N) is 2. The fraction of sp³-hybridized carbons (Fsp3) is 0.567. The highest BCUT2D eigenvalue weighted by atomic mass is 35.5. The number of anilines is 1. The van der Waals surface area contributed by atoms with Crippen LogP contribution in [0.15, 0.2) is 53.4 Å².